The lowest BCUT2D eigenvalue weighted by Gasteiger charge is -2.06. The van der Waals surface area contributed by atoms with Crippen LogP contribution in [0.25, 0.3) is 21.8 Å². The Labute approximate surface area is 159 Å². The summed E-state index contributed by atoms with van der Waals surface area (Å²) in [5.41, 5.74) is 4.24. The van der Waals surface area contributed by atoms with Crippen LogP contribution in [0.3, 0.4) is 0 Å². The predicted molar refractivity (Wildman–Crippen MR) is 105 cm³/mol. The van der Waals surface area contributed by atoms with Gasteiger partial charge in [0.25, 0.3) is 0 Å². The van der Waals surface area contributed by atoms with Gasteiger partial charge in [-0.15, -0.1) is 11.3 Å². The van der Waals surface area contributed by atoms with Gasteiger partial charge in [0.2, 0.25) is 0 Å². The zero-order chi connectivity index (χ0) is 17.2. The van der Waals surface area contributed by atoms with Crippen LogP contribution in [-0.4, -0.2) is 4.98 Å². The topological polar surface area (TPSA) is 26.0 Å². The summed E-state index contributed by atoms with van der Waals surface area (Å²) >= 11 is 13.8. The molecule has 0 N–H and O–H groups in total. The van der Waals surface area contributed by atoms with Gasteiger partial charge >= 0.3 is 0 Å². The molecule has 0 amide bonds. The summed E-state index contributed by atoms with van der Waals surface area (Å²) in [6.45, 7) is 0. The maximum atomic E-state index is 6.17. The summed E-state index contributed by atoms with van der Waals surface area (Å²) in [5, 5.41) is 0.682. The van der Waals surface area contributed by atoms with E-state index in [1.807, 2.05) is 48.7 Å². The Kier molecular flexibility index (Phi) is 4.62. The summed E-state index contributed by atoms with van der Waals surface area (Å²) in [7, 11) is 0. The third-order valence-corrected chi connectivity index (χ3v) is 5.42. The normalized spacial score (nSPS) is 11.0. The van der Waals surface area contributed by atoms with Crippen molar-refractivity contribution in [1.29, 1.82) is 0 Å². The minimum absolute atomic E-state index is 0.682. The van der Waals surface area contributed by atoms with E-state index in [0.717, 1.165) is 43.6 Å². The smallest absolute Gasteiger partial charge is 0.138 e. The summed E-state index contributed by atoms with van der Waals surface area (Å²) in [4.78, 5) is 5.30. The number of thiophene rings is 1. The van der Waals surface area contributed by atoms with Gasteiger partial charge in [-0.2, -0.15) is 0 Å². The first-order chi connectivity index (χ1) is 12.2. The lowest BCUT2D eigenvalue weighted by Crippen LogP contribution is -1.92. The largest absolute Gasteiger partial charge is 0.463 e. The second-order valence-electron chi connectivity index (χ2n) is 5.61. The van der Waals surface area contributed by atoms with Crippen LogP contribution in [0.4, 0.5) is 0 Å². The van der Waals surface area contributed by atoms with E-state index in [2.05, 4.69) is 11.1 Å². The van der Waals surface area contributed by atoms with E-state index in [1.54, 1.807) is 23.8 Å². The molecule has 0 unspecified atom stereocenters. The van der Waals surface area contributed by atoms with E-state index < -0.39 is 0 Å². The van der Waals surface area contributed by atoms with Crippen molar-refractivity contribution in [2.75, 3.05) is 0 Å². The van der Waals surface area contributed by atoms with Crippen LogP contribution < -0.4 is 0 Å². The van der Waals surface area contributed by atoms with Crippen molar-refractivity contribution in [2.24, 2.45) is 0 Å². The quantitative estimate of drug-likeness (QED) is 0.379. The first kappa shape index (κ1) is 16.4. The van der Waals surface area contributed by atoms with Gasteiger partial charge in [-0.05, 0) is 35.9 Å². The molecule has 2 nitrogen and oxygen atoms in total. The van der Waals surface area contributed by atoms with Crippen molar-refractivity contribution in [3.63, 3.8) is 0 Å². The van der Waals surface area contributed by atoms with Crippen molar-refractivity contribution >= 4 is 34.5 Å². The molecule has 124 valence electrons. The van der Waals surface area contributed by atoms with Crippen LogP contribution in [0.15, 0.2) is 71.6 Å². The predicted octanol–water partition coefficient (Wildman–Crippen LogP) is 6.97. The summed E-state index contributed by atoms with van der Waals surface area (Å²) in [5.74, 6) is 0.825. The average Bonchev–Trinajstić information content (AvgIpc) is 3.22. The van der Waals surface area contributed by atoms with Gasteiger partial charge < -0.3 is 4.42 Å². The average molecular weight is 386 g/mol. The SMILES string of the molecule is Clc1cccc(-c2occ(-c3ccc(Cl)s3)c2Cc2cccnc2)c1. The fourth-order valence-electron chi connectivity index (χ4n) is 2.80. The minimum atomic E-state index is 0.682. The number of aromatic nitrogens is 1. The number of furan rings is 1. The Morgan fingerprint density at radius 2 is 1.96 bits per heavy atom. The number of hydrogen-bond donors (Lipinski definition) is 0. The van der Waals surface area contributed by atoms with E-state index in [9.17, 15) is 0 Å². The Bertz CT molecular complexity index is 1010. The van der Waals surface area contributed by atoms with Crippen molar-refractivity contribution in [2.45, 2.75) is 6.42 Å². The molecule has 3 aromatic heterocycles. The molecule has 0 saturated carbocycles. The molecule has 0 aliphatic heterocycles. The van der Waals surface area contributed by atoms with Crippen LogP contribution in [0.1, 0.15) is 11.1 Å². The molecule has 4 rings (SSSR count). The van der Waals surface area contributed by atoms with Crippen molar-refractivity contribution < 1.29 is 4.42 Å². The molecule has 0 spiro atoms. The van der Waals surface area contributed by atoms with Crippen molar-refractivity contribution in [3.8, 4) is 21.8 Å². The molecule has 0 radical (unpaired) electrons. The highest BCUT2D eigenvalue weighted by Gasteiger charge is 2.18. The van der Waals surface area contributed by atoms with E-state index in [0.29, 0.717) is 5.02 Å². The van der Waals surface area contributed by atoms with Crippen molar-refractivity contribution in [3.05, 3.63) is 87.7 Å². The summed E-state index contributed by atoms with van der Waals surface area (Å²) < 4.78 is 6.71. The third-order valence-electron chi connectivity index (χ3n) is 3.92. The fourth-order valence-corrected chi connectivity index (χ4v) is 4.07. The Morgan fingerprint density at radius 1 is 1.04 bits per heavy atom. The Morgan fingerprint density at radius 3 is 2.68 bits per heavy atom. The van der Waals surface area contributed by atoms with Gasteiger partial charge in [0, 0.05) is 45.4 Å². The first-order valence-corrected chi connectivity index (χ1v) is 9.29. The molecule has 0 atom stereocenters. The molecular formula is C20H13Cl2NOS. The lowest BCUT2D eigenvalue weighted by molar-refractivity contribution is 0.581. The summed E-state index contributed by atoms with van der Waals surface area (Å²) in [6.07, 6.45) is 6.16. The van der Waals surface area contributed by atoms with E-state index >= 15 is 0 Å². The first-order valence-electron chi connectivity index (χ1n) is 7.71. The zero-order valence-corrected chi connectivity index (χ0v) is 15.4. The van der Waals surface area contributed by atoms with Gasteiger partial charge in [-0.1, -0.05) is 41.4 Å². The number of hydrogen-bond acceptors (Lipinski definition) is 3. The molecule has 1 aromatic carbocycles. The molecule has 0 fully saturated rings. The number of benzene rings is 1. The van der Waals surface area contributed by atoms with Gasteiger partial charge in [0.1, 0.15) is 12.0 Å². The van der Waals surface area contributed by atoms with Gasteiger partial charge in [-0.25, -0.2) is 0 Å². The Balaban J connectivity index is 1.85. The van der Waals surface area contributed by atoms with Crippen LogP contribution >= 0.6 is 34.5 Å². The molecule has 25 heavy (non-hydrogen) atoms. The molecule has 0 aliphatic rings. The van der Waals surface area contributed by atoms with Gasteiger partial charge in [0.15, 0.2) is 0 Å². The number of nitrogens with zero attached hydrogens (tertiary/aromatic N) is 1. The lowest BCUT2D eigenvalue weighted by atomic mass is 9.98. The maximum Gasteiger partial charge on any atom is 0.138 e. The molecule has 3 heterocycles. The van der Waals surface area contributed by atoms with Gasteiger partial charge in [-0.3, -0.25) is 4.98 Å². The highest BCUT2D eigenvalue weighted by molar-refractivity contribution is 7.19. The number of halogens is 2. The van der Waals surface area contributed by atoms with Crippen LogP contribution in [0.2, 0.25) is 9.36 Å². The van der Waals surface area contributed by atoms with E-state index in [1.165, 1.54) is 0 Å². The second kappa shape index (κ2) is 7.04. The third kappa shape index (κ3) is 3.49. The van der Waals surface area contributed by atoms with Crippen LogP contribution in [0.5, 0.6) is 0 Å². The highest BCUT2D eigenvalue weighted by Crippen LogP contribution is 2.40. The standard InChI is InChI=1S/C20H13Cl2NOS/c21-15-5-1-4-14(10-15)20-16(9-13-3-2-8-23-11-13)17(12-24-20)18-6-7-19(22)25-18/h1-8,10-12H,9H2. The molecular weight excluding hydrogens is 373 g/mol. The monoisotopic (exact) mass is 385 g/mol. The van der Waals surface area contributed by atoms with Gasteiger partial charge in [0.05, 0.1) is 4.34 Å². The molecule has 0 aliphatic carbocycles. The van der Waals surface area contributed by atoms with E-state index in [-0.39, 0.29) is 0 Å². The number of pyridine rings is 1. The van der Waals surface area contributed by atoms with E-state index in [4.69, 9.17) is 27.6 Å². The van der Waals surface area contributed by atoms with Crippen LogP contribution in [0, 0.1) is 0 Å². The molecule has 0 saturated heterocycles. The Hall–Kier alpha value is -2.07. The minimum Gasteiger partial charge on any atom is -0.463 e. The highest BCUT2D eigenvalue weighted by atomic mass is 35.5. The zero-order valence-electron chi connectivity index (χ0n) is 13.1. The second-order valence-corrected chi connectivity index (χ2v) is 7.76. The fraction of sp³-hybridized carbons (Fsp3) is 0.0500. The summed E-state index contributed by atoms with van der Waals surface area (Å²) in [6, 6.07) is 15.6. The van der Waals surface area contributed by atoms with Crippen LogP contribution in [-0.2, 0) is 6.42 Å². The molecule has 5 heteroatoms. The maximum absolute atomic E-state index is 6.17. The van der Waals surface area contributed by atoms with Crippen molar-refractivity contribution in [1.82, 2.24) is 4.98 Å². The molecule has 4 aromatic rings. The molecule has 0 bridgehead atoms. The number of rotatable bonds is 4.